The van der Waals surface area contributed by atoms with E-state index in [9.17, 15) is 14.7 Å². The molecule has 4 rings (SSSR count). The zero-order chi connectivity index (χ0) is 18.3. The van der Waals surface area contributed by atoms with Crippen LogP contribution < -0.4 is 0 Å². The molecule has 0 radical (unpaired) electrons. The number of nitrogens with zero attached hydrogens (tertiary/aromatic N) is 4. The van der Waals surface area contributed by atoms with Gasteiger partial charge in [-0.2, -0.15) is 0 Å². The normalized spacial score (nSPS) is 29.0. The molecular weight excluding hydrogens is 332 g/mol. The Morgan fingerprint density at radius 3 is 2.35 bits per heavy atom. The monoisotopic (exact) mass is 360 g/mol. The third-order valence-electron chi connectivity index (χ3n) is 6.37. The Labute approximate surface area is 154 Å². The summed E-state index contributed by atoms with van der Waals surface area (Å²) in [5.41, 5.74) is -0.0940. The first-order valence-electron chi connectivity index (χ1n) is 9.65. The Hall–Kier alpha value is -2.02. The van der Waals surface area contributed by atoms with Gasteiger partial charge in [-0.15, -0.1) is 0 Å². The number of aromatic nitrogens is 1. The summed E-state index contributed by atoms with van der Waals surface area (Å²) in [7, 11) is 1.87. The Kier molecular flexibility index (Phi) is 4.42. The highest BCUT2D eigenvalue weighted by Gasteiger charge is 2.47. The molecule has 26 heavy (non-hydrogen) atoms. The zero-order valence-corrected chi connectivity index (χ0v) is 15.4. The van der Waals surface area contributed by atoms with Gasteiger partial charge in [-0.1, -0.05) is 0 Å². The fourth-order valence-electron chi connectivity index (χ4n) is 4.61. The molecule has 0 spiro atoms. The van der Waals surface area contributed by atoms with Crippen molar-refractivity contribution in [3.63, 3.8) is 0 Å². The molecule has 142 valence electrons. The Bertz CT molecular complexity index is 697. The maximum Gasteiger partial charge on any atom is 0.320 e. The standard InChI is InChI=1S/C19H28N4O3/c1-20-8-4-5-16(20)17(24)22-11-6-19(26)7-12-23(14-15(19)13-22)18(25)21-9-2-3-10-21/h4-5,8,15,26H,2-3,6-7,9-14H2,1H3/t15-,19-/m1/s1. The molecule has 1 aromatic rings. The van der Waals surface area contributed by atoms with Crippen LogP contribution in [0.5, 0.6) is 0 Å². The van der Waals surface area contributed by atoms with E-state index >= 15 is 0 Å². The minimum atomic E-state index is -0.757. The zero-order valence-electron chi connectivity index (χ0n) is 15.4. The van der Waals surface area contributed by atoms with Crippen LogP contribution in [0.25, 0.3) is 0 Å². The van der Waals surface area contributed by atoms with Gasteiger partial charge in [0.05, 0.1) is 5.60 Å². The van der Waals surface area contributed by atoms with Gasteiger partial charge in [-0.3, -0.25) is 4.79 Å². The van der Waals surface area contributed by atoms with E-state index < -0.39 is 5.60 Å². The molecule has 0 unspecified atom stereocenters. The van der Waals surface area contributed by atoms with Crippen molar-refractivity contribution in [2.75, 3.05) is 39.3 Å². The van der Waals surface area contributed by atoms with Crippen molar-refractivity contribution in [1.82, 2.24) is 19.3 Å². The van der Waals surface area contributed by atoms with Crippen LogP contribution in [0.3, 0.4) is 0 Å². The molecule has 3 fully saturated rings. The molecule has 3 aliphatic rings. The van der Waals surface area contributed by atoms with E-state index in [0.29, 0.717) is 44.7 Å². The van der Waals surface area contributed by atoms with Crippen LogP contribution in [0.4, 0.5) is 4.79 Å². The highest BCUT2D eigenvalue weighted by Crippen LogP contribution is 2.36. The van der Waals surface area contributed by atoms with Crippen molar-refractivity contribution >= 4 is 11.9 Å². The van der Waals surface area contributed by atoms with E-state index in [1.807, 2.05) is 44.6 Å². The Morgan fingerprint density at radius 2 is 1.69 bits per heavy atom. The molecule has 7 nitrogen and oxygen atoms in total. The van der Waals surface area contributed by atoms with Gasteiger partial charge in [0.1, 0.15) is 5.69 Å². The number of carbonyl (C=O) groups is 2. The molecular formula is C19H28N4O3. The van der Waals surface area contributed by atoms with Crippen LogP contribution in [-0.2, 0) is 7.05 Å². The SMILES string of the molecule is Cn1cccc1C(=O)N1CC[C@@]2(O)CCN(C(=O)N3CCCC3)C[C@H]2C1. The summed E-state index contributed by atoms with van der Waals surface area (Å²) in [5.74, 6) is -0.0803. The molecule has 2 atom stereocenters. The molecule has 4 heterocycles. The number of carbonyl (C=O) groups excluding carboxylic acids is 2. The fourth-order valence-corrected chi connectivity index (χ4v) is 4.61. The van der Waals surface area contributed by atoms with E-state index in [2.05, 4.69) is 0 Å². The summed E-state index contributed by atoms with van der Waals surface area (Å²) in [6.07, 6.45) is 5.20. The minimum absolute atomic E-state index is 0.00235. The van der Waals surface area contributed by atoms with Crippen LogP contribution in [0.1, 0.15) is 36.2 Å². The van der Waals surface area contributed by atoms with E-state index in [1.165, 1.54) is 0 Å². The topological polar surface area (TPSA) is 69.0 Å². The molecule has 0 saturated carbocycles. The van der Waals surface area contributed by atoms with Gasteiger partial charge in [-0.25, -0.2) is 4.79 Å². The van der Waals surface area contributed by atoms with Crippen molar-refractivity contribution in [3.8, 4) is 0 Å². The van der Waals surface area contributed by atoms with E-state index in [4.69, 9.17) is 0 Å². The summed E-state index contributed by atoms with van der Waals surface area (Å²) >= 11 is 0. The van der Waals surface area contributed by atoms with Crippen LogP contribution in [0.2, 0.25) is 0 Å². The molecule has 3 saturated heterocycles. The Morgan fingerprint density at radius 1 is 1.04 bits per heavy atom. The maximum absolute atomic E-state index is 12.8. The summed E-state index contributed by atoms with van der Waals surface area (Å²) < 4.78 is 1.83. The fraction of sp³-hybridized carbons (Fsp3) is 0.684. The lowest BCUT2D eigenvalue weighted by Crippen LogP contribution is -2.62. The predicted molar refractivity (Wildman–Crippen MR) is 96.8 cm³/mol. The third-order valence-corrected chi connectivity index (χ3v) is 6.37. The predicted octanol–water partition coefficient (Wildman–Crippen LogP) is 1.14. The first-order chi connectivity index (χ1) is 12.5. The number of hydrogen-bond donors (Lipinski definition) is 1. The molecule has 1 aromatic heterocycles. The van der Waals surface area contributed by atoms with E-state index in [-0.39, 0.29) is 17.9 Å². The van der Waals surface area contributed by atoms with Crippen molar-refractivity contribution in [2.24, 2.45) is 13.0 Å². The van der Waals surface area contributed by atoms with E-state index in [1.54, 1.807) is 0 Å². The first kappa shape index (κ1) is 17.4. The van der Waals surface area contributed by atoms with Crippen molar-refractivity contribution < 1.29 is 14.7 Å². The van der Waals surface area contributed by atoms with Gasteiger partial charge in [0.2, 0.25) is 0 Å². The number of likely N-dealkylation sites (tertiary alicyclic amines) is 3. The van der Waals surface area contributed by atoms with Crippen LogP contribution >= 0.6 is 0 Å². The lowest BCUT2D eigenvalue weighted by molar-refractivity contribution is -0.101. The number of hydrogen-bond acceptors (Lipinski definition) is 3. The molecule has 0 aromatic carbocycles. The van der Waals surface area contributed by atoms with Gasteiger partial charge < -0.3 is 24.4 Å². The largest absolute Gasteiger partial charge is 0.389 e. The van der Waals surface area contributed by atoms with E-state index in [0.717, 1.165) is 25.9 Å². The van der Waals surface area contributed by atoms with Crippen LogP contribution in [0.15, 0.2) is 18.3 Å². The van der Waals surface area contributed by atoms with Crippen LogP contribution in [0, 0.1) is 5.92 Å². The Balaban J connectivity index is 1.45. The van der Waals surface area contributed by atoms with Gasteiger partial charge in [0.15, 0.2) is 0 Å². The number of aliphatic hydroxyl groups is 1. The molecule has 7 heteroatoms. The second kappa shape index (κ2) is 6.61. The second-order valence-corrected chi connectivity index (χ2v) is 7.98. The third kappa shape index (κ3) is 2.98. The lowest BCUT2D eigenvalue weighted by Gasteiger charge is -2.50. The minimum Gasteiger partial charge on any atom is -0.389 e. The summed E-state index contributed by atoms with van der Waals surface area (Å²) in [6, 6.07) is 3.79. The number of amides is 3. The quantitative estimate of drug-likeness (QED) is 0.817. The number of rotatable bonds is 1. The highest BCUT2D eigenvalue weighted by atomic mass is 16.3. The average molecular weight is 360 g/mol. The van der Waals surface area contributed by atoms with Crippen molar-refractivity contribution in [3.05, 3.63) is 24.0 Å². The van der Waals surface area contributed by atoms with Gasteiger partial charge in [0, 0.05) is 58.4 Å². The number of piperidine rings is 2. The average Bonchev–Trinajstić information content (AvgIpc) is 3.31. The number of urea groups is 1. The van der Waals surface area contributed by atoms with Crippen molar-refractivity contribution in [2.45, 2.75) is 31.3 Å². The molecule has 0 bridgehead atoms. The number of aryl methyl sites for hydroxylation is 1. The lowest BCUT2D eigenvalue weighted by atomic mass is 9.75. The smallest absolute Gasteiger partial charge is 0.320 e. The highest BCUT2D eigenvalue weighted by molar-refractivity contribution is 5.92. The molecule has 3 aliphatic heterocycles. The first-order valence-corrected chi connectivity index (χ1v) is 9.65. The molecule has 1 N–H and O–H groups in total. The van der Waals surface area contributed by atoms with Gasteiger partial charge >= 0.3 is 6.03 Å². The summed E-state index contributed by atoms with van der Waals surface area (Å²) in [6.45, 7) is 3.88. The van der Waals surface area contributed by atoms with Gasteiger partial charge in [0.25, 0.3) is 5.91 Å². The molecule has 0 aliphatic carbocycles. The summed E-state index contributed by atoms with van der Waals surface area (Å²) in [4.78, 5) is 31.2. The second-order valence-electron chi connectivity index (χ2n) is 7.98. The number of fused-ring (bicyclic) bond motifs is 1. The summed E-state index contributed by atoms with van der Waals surface area (Å²) in [5, 5.41) is 11.0. The van der Waals surface area contributed by atoms with Crippen LogP contribution in [-0.4, -0.2) is 81.2 Å². The maximum atomic E-state index is 12.8. The van der Waals surface area contributed by atoms with Crippen molar-refractivity contribution in [1.29, 1.82) is 0 Å². The van der Waals surface area contributed by atoms with Gasteiger partial charge in [-0.05, 0) is 37.8 Å². The molecule has 3 amide bonds.